The predicted octanol–water partition coefficient (Wildman–Crippen LogP) is 3.19. The smallest absolute Gasteiger partial charge is 0.251 e. The van der Waals surface area contributed by atoms with Crippen LogP contribution in [0.3, 0.4) is 0 Å². The number of ether oxygens (including phenoxy) is 1. The molecule has 0 aliphatic carbocycles. The number of aromatic nitrogens is 1. The van der Waals surface area contributed by atoms with Crippen molar-refractivity contribution in [3.8, 4) is 16.9 Å². The van der Waals surface area contributed by atoms with Gasteiger partial charge in [0.1, 0.15) is 5.75 Å². The molecule has 1 aromatic heterocycles. The number of rotatable bonds is 6. The highest BCUT2D eigenvalue weighted by Gasteiger charge is 2.14. The number of nitrogens with one attached hydrogen (secondary N) is 1. The summed E-state index contributed by atoms with van der Waals surface area (Å²) in [7, 11) is 1.62. The van der Waals surface area contributed by atoms with E-state index in [4.69, 9.17) is 10.5 Å². The van der Waals surface area contributed by atoms with Crippen LogP contribution < -0.4 is 15.8 Å². The fourth-order valence-corrected chi connectivity index (χ4v) is 2.71. The molecule has 0 bridgehead atoms. The molecule has 0 fully saturated rings. The van der Waals surface area contributed by atoms with E-state index < -0.39 is 0 Å². The molecule has 2 aromatic carbocycles. The van der Waals surface area contributed by atoms with Crippen molar-refractivity contribution in [3.05, 3.63) is 84.2 Å². The second kappa shape index (κ2) is 8.27. The topological polar surface area (TPSA) is 77.2 Å². The van der Waals surface area contributed by atoms with Crippen LogP contribution in [0.2, 0.25) is 0 Å². The van der Waals surface area contributed by atoms with Crippen molar-refractivity contribution in [2.45, 2.75) is 6.04 Å². The fraction of sp³-hybridized carbons (Fsp3) is 0.143. The highest BCUT2D eigenvalue weighted by molar-refractivity contribution is 5.95. The largest absolute Gasteiger partial charge is 0.497 e. The van der Waals surface area contributed by atoms with Crippen molar-refractivity contribution in [1.29, 1.82) is 0 Å². The Kier molecular flexibility index (Phi) is 5.61. The van der Waals surface area contributed by atoms with Crippen LogP contribution in [0.15, 0.2) is 73.1 Å². The summed E-state index contributed by atoms with van der Waals surface area (Å²) in [5.41, 5.74) is 9.48. The molecule has 26 heavy (non-hydrogen) atoms. The van der Waals surface area contributed by atoms with Crippen molar-refractivity contribution in [1.82, 2.24) is 10.3 Å². The summed E-state index contributed by atoms with van der Waals surface area (Å²) in [5, 5.41) is 2.98. The van der Waals surface area contributed by atoms with Gasteiger partial charge in [-0.1, -0.05) is 24.3 Å². The minimum Gasteiger partial charge on any atom is -0.497 e. The third-order valence-corrected chi connectivity index (χ3v) is 4.22. The zero-order valence-electron chi connectivity index (χ0n) is 14.6. The van der Waals surface area contributed by atoms with E-state index in [0.717, 1.165) is 22.4 Å². The van der Waals surface area contributed by atoms with Crippen LogP contribution in [-0.4, -0.2) is 24.5 Å². The van der Waals surface area contributed by atoms with E-state index in [-0.39, 0.29) is 11.9 Å². The minimum atomic E-state index is -0.256. The lowest BCUT2D eigenvalue weighted by molar-refractivity contribution is 0.0938. The molecule has 5 nitrogen and oxygen atoms in total. The Bertz CT molecular complexity index is 847. The Balaban J connectivity index is 1.71. The van der Waals surface area contributed by atoms with E-state index in [2.05, 4.69) is 10.3 Å². The summed E-state index contributed by atoms with van der Waals surface area (Å²) >= 11 is 0. The van der Waals surface area contributed by atoms with Gasteiger partial charge in [-0.3, -0.25) is 9.78 Å². The van der Waals surface area contributed by atoms with Gasteiger partial charge in [-0.2, -0.15) is 0 Å². The van der Waals surface area contributed by atoms with Gasteiger partial charge in [-0.25, -0.2) is 0 Å². The zero-order valence-corrected chi connectivity index (χ0v) is 14.6. The average molecular weight is 347 g/mol. The van der Waals surface area contributed by atoms with Crippen LogP contribution in [0.4, 0.5) is 0 Å². The third kappa shape index (κ3) is 4.07. The van der Waals surface area contributed by atoms with Crippen LogP contribution in [0.1, 0.15) is 22.0 Å². The molecule has 3 aromatic rings. The molecule has 0 aliphatic rings. The number of methoxy groups -OCH3 is 1. The third-order valence-electron chi connectivity index (χ3n) is 4.22. The van der Waals surface area contributed by atoms with Crippen LogP contribution in [0, 0.1) is 0 Å². The molecule has 1 atom stereocenters. The van der Waals surface area contributed by atoms with Gasteiger partial charge >= 0.3 is 0 Å². The van der Waals surface area contributed by atoms with Gasteiger partial charge in [0.15, 0.2) is 0 Å². The first kappa shape index (κ1) is 17.6. The number of hydrogen-bond acceptors (Lipinski definition) is 4. The summed E-state index contributed by atoms with van der Waals surface area (Å²) in [6, 6.07) is 18.6. The molecular weight excluding hydrogens is 326 g/mol. The Morgan fingerprint density at radius 1 is 1.00 bits per heavy atom. The second-order valence-corrected chi connectivity index (χ2v) is 5.85. The summed E-state index contributed by atoms with van der Waals surface area (Å²) in [5.74, 6) is 0.611. The molecule has 0 radical (unpaired) electrons. The normalized spacial score (nSPS) is 11.6. The lowest BCUT2D eigenvalue weighted by Crippen LogP contribution is -2.33. The maximum atomic E-state index is 12.6. The number of nitrogens with zero attached hydrogens (tertiary/aromatic N) is 1. The van der Waals surface area contributed by atoms with Crippen molar-refractivity contribution < 1.29 is 9.53 Å². The molecule has 1 unspecified atom stereocenters. The molecule has 0 saturated heterocycles. The molecule has 3 N–H and O–H groups in total. The van der Waals surface area contributed by atoms with Crippen molar-refractivity contribution >= 4 is 5.91 Å². The Hall–Kier alpha value is -3.18. The number of carbonyl (C=O) groups excluding carboxylic acids is 1. The van der Waals surface area contributed by atoms with Crippen molar-refractivity contribution in [2.24, 2.45) is 5.73 Å². The first-order valence-electron chi connectivity index (χ1n) is 8.36. The van der Waals surface area contributed by atoms with Gasteiger partial charge in [0, 0.05) is 24.5 Å². The number of amides is 1. The van der Waals surface area contributed by atoms with Gasteiger partial charge in [0.05, 0.1) is 13.2 Å². The van der Waals surface area contributed by atoms with Gasteiger partial charge < -0.3 is 15.8 Å². The lowest BCUT2D eigenvalue weighted by Gasteiger charge is -2.18. The Labute approximate surface area is 152 Å². The predicted molar refractivity (Wildman–Crippen MR) is 102 cm³/mol. The number of benzene rings is 2. The molecule has 0 saturated carbocycles. The lowest BCUT2D eigenvalue weighted by atomic mass is 10.0. The number of carbonyl (C=O) groups is 1. The van der Waals surface area contributed by atoms with Gasteiger partial charge in [-0.15, -0.1) is 0 Å². The van der Waals surface area contributed by atoms with E-state index in [1.807, 2.05) is 60.7 Å². The summed E-state index contributed by atoms with van der Waals surface area (Å²) in [6.45, 7) is 0.313. The van der Waals surface area contributed by atoms with Crippen LogP contribution in [-0.2, 0) is 0 Å². The van der Waals surface area contributed by atoms with E-state index in [1.165, 1.54) is 0 Å². The SMILES string of the molecule is COc1ccc(C(CN)NC(=O)c2ccc(-c3ccncc3)cc2)cc1. The first-order chi connectivity index (χ1) is 12.7. The quantitative estimate of drug-likeness (QED) is 0.718. The van der Waals surface area contributed by atoms with Crippen molar-refractivity contribution in [2.75, 3.05) is 13.7 Å². The van der Waals surface area contributed by atoms with Crippen LogP contribution in [0.5, 0.6) is 5.75 Å². The van der Waals surface area contributed by atoms with Crippen LogP contribution >= 0.6 is 0 Å². The van der Waals surface area contributed by atoms with E-state index >= 15 is 0 Å². The molecule has 0 aliphatic heterocycles. The standard InChI is InChI=1S/C21H21N3O2/c1-26-19-8-6-17(7-9-19)20(14-22)24-21(25)18-4-2-15(3-5-18)16-10-12-23-13-11-16/h2-13,20H,14,22H2,1H3,(H,24,25). The number of hydrogen-bond donors (Lipinski definition) is 2. The number of pyridine rings is 1. The van der Waals surface area contributed by atoms with E-state index in [0.29, 0.717) is 12.1 Å². The highest BCUT2D eigenvalue weighted by Crippen LogP contribution is 2.20. The minimum absolute atomic E-state index is 0.155. The monoisotopic (exact) mass is 347 g/mol. The zero-order chi connectivity index (χ0) is 18.4. The molecular formula is C21H21N3O2. The maximum Gasteiger partial charge on any atom is 0.251 e. The molecule has 132 valence electrons. The molecule has 3 rings (SSSR count). The van der Waals surface area contributed by atoms with Crippen molar-refractivity contribution in [3.63, 3.8) is 0 Å². The van der Waals surface area contributed by atoms with E-state index in [9.17, 15) is 4.79 Å². The number of nitrogens with two attached hydrogens (primary N) is 1. The Morgan fingerprint density at radius 2 is 1.62 bits per heavy atom. The van der Waals surface area contributed by atoms with Gasteiger partial charge in [0.25, 0.3) is 5.91 Å². The van der Waals surface area contributed by atoms with Gasteiger partial charge in [0.2, 0.25) is 0 Å². The van der Waals surface area contributed by atoms with Gasteiger partial charge in [-0.05, 0) is 53.1 Å². The first-order valence-corrected chi connectivity index (χ1v) is 8.36. The van der Waals surface area contributed by atoms with Crippen LogP contribution in [0.25, 0.3) is 11.1 Å². The van der Waals surface area contributed by atoms with E-state index in [1.54, 1.807) is 19.5 Å². The second-order valence-electron chi connectivity index (χ2n) is 5.85. The maximum absolute atomic E-state index is 12.6. The highest BCUT2D eigenvalue weighted by atomic mass is 16.5. The summed E-state index contributed by atoms with van der Waals surface area (Å²) in [4.78, 5) is 16.6. The molecule has 5 heteroatoms. The summed E-state index contributed by atoms with van der Waals surface area (Å²) < 4.78 is 5.16. The molecule has 0 spiro atoms. The fourth-order valence-electron chi connectivity index (χ4n) is 2.71. The average Bonchev–Trinajstić information content (AvgIpc) is 2.72. The molecule has 1 heterocycles. The molecule has 1 amide bonds. The Morgan fingerprint density at radius 3 is 2.19 bits per heavy atom. The summed E-state index contributed by atoms with van der Waals surface area (Å²) in [6.07, 6.45) is 3.49.